The van der Waals surface area contributed by atoms with E-state index >= 15 is 0 Å². The second-order valence-electron chi connectivity index (χ2n) is 3.65. The number of aromatic hydroxyl groups is 1. The monoisotopic (exact) mass is 181 g/mol. The maximum atomic E-state index is 13.0. The molecule has 3 heteroatoms. The van der Waals surface area contributed by atoms with Crippen LogP contribution in [0.25, 0.3) is 0 Å². The van der Waals surface area contributed by atoms with Crippen LogP contribution in [-0.2, 0) is 5.41 Å². The molecule has 0 saturated heterocycles. The Kier molecular flexibility index (Phi) is 1.77. The van der Waals surface area contributed by atoms with Crippen LogP contribution in [0.5, 0.6) is 5.75 Å². The third-order valence-electron chi connectivity index (χ3n) is 2.80. The first-order valence-electron chi connectivity index (χ1n) is 4.37. The molecule has 0 aromatic heterocycles. The van der Waals surface area contributed by atoms with Crippen LogP contribution in [0, 0.1) is 5.82 Å². The van der Waals surface area contributed by atoms with Gasteiger partial charge < -0.3 is 10.8 Å². The summed E-state index contributed by atoms with van der Waals surface area (Å²) in [5.74, 6) is -0.853. The summed E-state index contributed by atoms with van der Waals surface area (Å²) < 4.78 is 13.0. The number of halogens is 1. The van der Waals surface area contributed by atoms with E-state index in [2.05, 4.69) is 0 Å². The van der Waals surface area contributed by atoms with Crippen molar-refractivity contribution >= 4 is 0 Å². The average molecular weight is 181 g/mol. The Balaban J connectivity index is 2.37. The fourth-order valence-electron chi connectivity index (χ4n) is 1.60. The number of hydrogen-bond donors (Lipinski definition) is 2. The summed E-state index contributed by atoms with van der Waals surface area (Å²) in [5, 5.41) is 9.00. The van der Waals surface area contributed by atoms with Gasteiger partial charge in [-0.3, -0.25) is 0 Å². The molecular formula is C10H12FNO. The first-order valence-corrected chi connectivity index (χ1v) is 4.37. The zero-order valence-electron chi connectivity index (χ0n) is 7.26. The van der Waals surface area contributed by atoms with Crippen LogP contribution in [0.15, 0.2) is 18.2 Å². The van der Waals surface area contributed by atoms with E-state index in [-0.39, 0.29) is 11.2 Å². The summed E-state index contributed by atoms with van der Waals surface area (Å²) in [7, 11) is 0. The Morgan fingerprint density at radius 3 is 2.62 bits per heavy atom. The number of phenolic OH excluding ortho intramolecular Hbond substituents is 1. The highest BCUT2D eigenvalue weighted by atomic mass is 19.1. The Morgan fingerprint density at radius 2 is 2.15 bits per heavy atom. The van der Waals surface area contributed by atoms with Gasteiger partial charge in [0.1, 0.15) is 0 Å². The summed E-state index contributed by atoms with van der Waals surface area (Å²) in [6, 6.07) is 4.52. The molecule has 0 bridgehead atoms. The first kappa shape index (κ1) is 8.51. The van der Waals surface area contributed by atoms with Gasteiger partial charge in [0.2, 0.25) is 0 Å². The molecule has 70 valence electrons. The Bertz CT molecular complexity index is 334. The van der Waals surface area contributed by atoms with Crippen molar-refractivity contribution in [1.82, 2.24) is 0 Å². The molecule has 0 radical (unpaired) electrons. The second kappa shape index (κ2) is 2.70. The van der Waals surface area contributed by atoms with Crippen molar-refractivity contribution in [3.05, 3.63) is 29.6 Å². The third kappa shape index (κ3) is 1.29. The molecule has 13 heavy (non-hydrogen) atoms. The Hall–Kier alpha value is -1.09. The van der Waals surface area contributed by atoms with Gasteiger partial charge in [-0.1, -0.05) is 6.07 Å². The number of hydrogen-bond acceptors (Lipinski definition) is 2. The van der Waals surface area contributed by atoms with Crippen molar-refractivity contribution in [3.63, 3.8) is 0 Å². The van der Waals surface area contributed by atoms with E-state index in [1.807, 2.05) is 0 Å². The second-order valence-corrected chi connectivity index (χ2v) is 3.65. The molecule has 3 N–H and O–H groups in total. The van der Waals surface area contributed by atoms with Gasteiger partial charge in [0.15, 0.2) is 11.6 Å². The number of benzene rings is 1. The lowest BCUT2D eigenvalue weighted by Crippen LogP contribution is -2.19. The van der Waals surface area contributed by atoms with Crippen molar-refractivity contribution in [2.24, 2.45) is 5.73 Å². The highest BCUT2D eigenvalue weighted by molar-refractivity contribution is 5.36. The van der Waals surface area contributed by atoms with Crippen LogP contribution in [0.1, 0.15) is 18.4 Å². The van der Waals surface area contributed by atoms with Crippen LogP contribution in [0.3, 0.4) is 0 Å². The molecule has 1 saturated carbocycles. The molecule has 2 rings (SSSR count). The molecular weight excluding hydrogens is 169 g/mol. The van der Waals surface area contributed by atoms with Crippen LogP contribution in [0.4, 0.5) is 4.39 Å². The average Bonchev–Trinajstić information content (AvgIpc) is 2.90. The van der Waals surface area contributed by atoms with Gasteiger partial charge in [0.25, 0.3) is 0 Å². The molecule has 2 nitrogen and oxygen atoms in total. The normalized spacial score (nSPS) is 18.6. The molecule has 0 aliphatic heterocycles. The van der Waals surface area contributed by atoms with Gasteiger partial charge in [-0.25, -0.2) is 4.39 Å². The van der Waals surface area contributed by atoms with Gasteiger partial charge in [-0.15, -0.1) is 0 Å². The summed E-state index contributed by atoms with van der Waals surface area (Å²) in [4.78, 5) is 0. The van der Waals surface area contributed by atoms with Crippen molar-refractivity contribution in [3.8, 4) is 5.75 Å². The van der Waals surface area contributed by atoms with Gasteiger partial charge >= 0.3 is 0 Å². The molecule has 1 aromatic carbocycles. The lowest BCUT2D eigenvalue weighted by molar-refractivity contribution is 0.431. The SMILES string of the molecule is NCC1(c2ccc(O)c(F)c2)CC1. The predicted molar refractivity (Wildman–Crippen MR) is 48.0 cm³/mol. The van der Waals surface area contributed by atoms with E-state index in [0.717, 1.165) is 18.4 Å². The van der Waals surface area contributed by atoms with E-state index in [4.69, 9.17) is 10.8 Å². The summed E-state index contributed by atoms with van der Waals surface area (Å²) in [5.41, 5.74) is 6.51. The van der Waals surface area contributed by atoms with Crippen LogP contribution in [-0.4, -0.2) is 11.7 Å². The fraction of sp³-hybridized carbons (Fsp3) is 0.400. The quantitative estimate of drug-likeness (QED) is 0.726. The zero-order chi connectivity index (χ0) is 9.47. The molecule has 1 aliphatic rings. The minimum atomic E-state index is -0.558. The van der Waals surface area contributed by atoms with Crippen LogP contribution >= 0.6 is 0 Å². The number of rotatable bonds is 2. The summed E-state index contributed by atoms with van der Waals surface area (Å²) in [6.45, 7) is 0.553. The minimum Gasteiger partial charge on any atom is -0.505 e. The van der Waals surface area contributed by atoms with Crippen LogP contribution in [0.2, 0.25) is 0 Å². The summed E-state index contributed by atoms with van der Waals surface area (Å²) in [6.07, 6.45) is 2.04. The maximum Gasteiger partial charge on any atom is 0.165 e. The number of phenols is 1. The highest BCUT2D eigenvalue weighted by Gasteiger charge is 2.43. The van der Waals surface area contributed by atoms with Crippen LogP contribution < -0.4 is 5.73 Å². The standard InChI is InChI=1S/C10H12FNO/c11-8-5-7(1-2-9(8)13)10(6-12)3-4-10/h1-2,5,13H,3-4,6,12H2. The highest BCUT2D eigenvalue weighted by Crippen LogP contribution is 2.47. The van der Waals surface area contributed by atoms with E-state index in [1.54, 1.807) is 6.07 Å². The van der Waals surface area contributed by atoms with E-state index in [9.17, 15) is 4.39 Å². The van der Waals surface area contributed by atoms with E-state index < -0.39 is 5.82 Å². The van der Waals surface area contributed by atoms with Crippen molar-refractivity contribution in [1.29, 1.82) is 0 Å². The molecule has 0 amide bonds. The molecule has 1 aromatic rings. The molecule has 0 unspecified atom stereocenters. The predicted octanol–water partition coefficient (Wildman–Crippen LogP) is 1.52. The van der Waals surface area contributed by atoms with Crippen molar-refractivity contribution in [2.75, 3.05) is 6.54 Å². The molecule has 0 atom stereocenters. The Labute approximate surface area is 76.2 Å². The van der Waals surface area contributed by atoms with Gasteiger partial charge in [-0.2, -0.15) is 0 Å². The topological polar surface area (TPSA) is 46.2 Å². The third-order valence-corrected chi connectivity index (χ3v) is 2.80. The van der Waals surface area contributed by atoms with Crippen molar-refractivity contribution in [2.45, 2.75) is 18.3 Å². The molecule has 1 fully saturated rings. The van der Waals surface area contributed by atoms with Crippen molar-refractivity contribution < 1.29 is 9.50 Å². The van der Waals surface area contributed by atoms with E-state index in [1.165, 1.54) is 12.1 Å². The van der Waals surface area contributed by atoms with Gasteiger partial charge in [-0.05, 0) is 30.5 Å². The fourth-order valence-corrected chi connectivity index (χ4v) is 1.60. The Morgan fingerprint density at radius 1 is 1.46 bits per heavy atom. The molecule has 0 heterocycles. The first-order chi connectivity index (χ1) is 6.18. The smallest absolute Gasteiger partial charge is 0.165 e. The minimum absolute atomic E-state index is 0.00542. The molecule has 0 spiro atoms. The lowest BCUT2D eigenvalue weighted by Gasteiger charge is -2.12. The molecule has 1 aliphatic carbocycles. The lowest BCUT2D eigenvalue weighted by atomic mass is 9.96. The van der Waals surface area contributed by atoms with E-state index in [0.29, 0.717) is 6.54 Å². The van der Waals surface area contributed by atoms with Gasteiger partial charge in [0, 0.05) is 12.0 Å². The number of nitrogens with two attached hydrogens (primary N) is 1. The summed E-state index contributed by atoms with van der Waals surface area (Å²) >= 11 is 0. The largest absolute Gasteiger partial charge is 0.505 e. The maximum absolute atomic E-state index is 13.0. The van der Waals surface area contributed by atoms with Gasteiger partial charge in [0.05, 0.1) is 0 Å². The zero-order valence-corrected chi connectivity index (χ0v) is 7.26.